The quantitative estimate of drug-likeness (QED) is 0.529. The van der Waals surface area contributed by atoms with E-state index in [9.17, 15) is 4.79 Å². The second-order valence-corrected chi connectivity index (χ2v) is 6.28. The summed E-state index contributed by atoms with van der Waals surface area (Å²) in [7, 11) is 0. The molecule has 0 spiro atoms. The molecule has 3 aromatic carbocycles. The summed E-state index contributed by atoms with van der Waals surface area (Å²) in [6, 6.07) is 25.1. The number of carboxylic acids is 1. The van der Waals surface area contributed by atoms with E-state index in [4.69, 9.17) is 9.84 Å². The van der Waals surface area contributed by atoms with Gasteiger partial charge >= 0.3 is 5.97 Å². The highest BCUT2D eigenvalue weighted by molar-refractivity contribution is 5.87. The average Bonchev–Trinajstić information content (AvgIpc) is 2.67. The number of aryl methyl sites for hydroxylation is 2. The molecule has 0 aliphatic heterocycles. The van der Waals surface area contributed by atoms with Crippen molar-refractivity contribution < 1.29 is 14.6 Å². The van der Waals surface area contributed by atoms with Crippen molar-refractivity contribution in [3.05, 3.63) is 95.6 Å². The molecule has 0 aliphatic rings. The molecule has 0 aromatic heterocycles. The highest BCUT2D eigenvalue weighted by Crippen LogP contribution is 2.22. The molecular weight excluding hydrogens is 324 g/mol. The minimum atomic E-state index is -0.873. The van der Waals surface area contributed by atoms with Crippen molar-refractivity contribution in [2.75, 3.05) is 0 Å². The topological polar surface area (TPSA) is 46.5 Å². The predicted octanol–water partition coefficient (Wildman–Crippen LogP) is 5.74. The van der Waals surface area contributed by atoms with Gasteiger partial charge in [-0.15, -0.1) is 0 Å². The molecule has 0 heterocycles. The number of benzene rings is 3. The number of hydrogen-bond donors (Lipinski definition) is 1. The largest absolute Gasteiger partial charge is 0.478 e. The summed E-state index contributed by atoms with van der Waals surface area (Å²) in [6.07, 6.45) is 3.94. The Balaban J connectivity index is 1.50. The Morgan fingerprint density at radius 2 is 1.35 bits per heavy atom. The third-order valence-corrected chi connectivity index (χ3v) is 4.23. The molecule has 3 nitrogen and oxygen atoms in total. The predicted molar refractivity (Wildman–Crippen MR) is 103 cm³/mol. The van der Waals surface area contributed by atoms with Crippen LogP contribution in [0.5, 0.6) is 11.5 Å². The highest BCUT2D eigenvalue weighted by Gasteiger charge is 2.04. The molecule has 3 aromatic rings. The van der Waals surface area contributed by atoms with Gasteiger partial charge in [0.1, 0.15) is 11.5 Å². The number of carboxylic acid groups (broad SMARTS) is 1. The standard InChI is InChI=1S/C23H22O3/c24-23(25)20-12-6-10-18(16-20)8-4-5-9-19-11-7-15-22(17-19)26-21-13-2-1-3-14-21/h1-3,6-7,10-17H,4-5,8-9H2,(H,24,25). The summed E-state index contributed by atoms with van der Waals surface area (Å²) in [5.41, 5.74) is 2.68. The Morgan fingerprint density at radius 1 is 0.731 bits per heavy atom. The number of carbonyl (C=O) groups is 1. The molecule has 0 amide bonds. The second kappa shape index (κ2) is 8.86. The summed E-state index contributed by atoms with van der Waals surface area (Å²) in [5, 5.41) is 9.05. The Hall–Kier alpha value is -3.07. The lowest BCUT2D eigenvalue weighted by Gasteiger charge is -2.08. The van der Waals surface area contributed by atoms with E-state index in [0.29, 0.717) is 5.56 Å². The smallest absolute Gasteiger partial charge is 0.335 e. The van der Waals surface area contributed by atoms with Crippen LogP contribution in [-0.2, 0) is 12.8 Å². The first-order valence-electron chi connectivity index (χ1n) is 8.85. The molecule has 0 aliphatic carbocycles. The van der Waals surface area contributed by atoms with Gasteiger partial charge < -0.3 is 9.84 Å². The van der Waals surface area contributed by atoms with Crippen LogP contribution in [0, 0.1) is 0 Å². The summed E-state index contributed by atoms with van der Waals surface area (Å²) in [5.74, 6) is 0.813. The third kappa shape index (κ3) is 5.21. The molecule has 3 heteroatoms. The molecule has 0 atom stereocenters. The summed E-state index contributed by atoms with van der Waals surface area (Å²) in [4.78, 5) is 11.0. The van der Waals surface area contributed by atoms with E-state index < -0.39 is 5.97 Å². The Bertz CT molecular complexity index is 856. The fourth-order valence-electron chi connectivity index (χ4n) is 2.91. The third-order valence-electron chi connectivity index (χ3n) is 4.23. The first-order chi connectivity index (χ1) is 12.7. The van der Waals surface area contributed by atoms with Gasteiger partial charge in [0.15, 0.2) is 0 Å². The van der Waals surface area contributed by atoms with Crippen LogP contribution < -0.4 is 4.74 Å². The molecule has 1 N–H and O–H groups in total. The van der Waals surface area contributed by atoms with E-state index in [1.54, 1.807) is 12.1 Å². The molecule has 3 rings (SSSR count). The molecular formula is C23H22O3. The average molecular weight is 346 g/mol. The summed E-state index contributed by atoms with van der Waals surface area (Å²) < 4.78 is 5.87. The zero-order valence-electron chi connectivity index (χ0n) is 14.6. The first-order valence-corrected chi connectivity index (χ1v) is 8.85. The lowest BCUT2D eigenvalue weighted by atomic mass is 10.0. The molecule has 0 bridgehead atoms. The maximum Gasteiger partial charge on any atom is 0.335 e. The Kier molecular flexibility index (Phi) is 6.05. The molecule has 0 saturated carbocycles. The number of unbranched alkanes of at least 4 members (excludes halogenated alkanes) is 1. The van der Waals surface area contributed by atoms with Gasteiger partial charge in [-0.05, 0) is 73.2 Å². The number of aromatic carboxylic acids is 1. The van der Waals surface area contributed by atoms with Crippen molar-refractivity contribution in [1.29, 1.82) is 0 Å². The number of hydrogen-bond acceptors (Lipinski definition) is 2. The monoisotopic (exact) mass is 346 g/mol. The maximum absolute atomic E-state index is 11.0. The van der Waals surface area contributed by atoms with Gasteiger partial charge in [-0.25, -0.2) is 4.79 Å². The van der Waals surface area contributed by atoms with Crippen molar-refractivity contribution in [3.8, 4) is 11.5 Å². The van der Waals surface area contributed by atoms with Crippen LogP contribution in [0.4, 0.5) is 0 Å². The van der Waals surface area contributed by atoms with E-state index in [1.807, 2.05) is 54.6 Å². The number of rotatable bonds is 8. The molecule has 0 saturated heterocycles. The lowest BCUT2D eigenvalue weighted by Crippen LogP contribution is -1.97. The van der Waals surface area contributed by atoms with Gasteiger partial charge in [-0.1, -0.05) is 42.5 Å². The molecule has 26 heavy (non-hydrogen) atoms. The summed E-state index contributed by atoms with van der Waals surface area (Å²) in [6.45, 7) is 0. The number of ether oxygens (including phenoxy) is 1. The second-order valence-electron chi connectivity index (χ2n) is 6.28. The molecule has 132 valence electrons. The molecule has 0 fully saturated rings. The van der Waals surface area contributed by atoms with Gasteiger partial charge in [-0.2, -0.15) is 0 Å². The van der Waals surface area contributed by atoms with Crippen LogP contribution in [0.1, 0.15) is 34.3 Å². The SMILES string of the molecule is O=C(O)c1cccc(CCCCc2cccc(Oc3ccccc3)c2)c1. The van der Waals surface area contributed by atoms with Crippen LogP contribution in [0.2, 0.25) is 0 Å². The van der Waals surface area contributed by atoms with E-state index in [-0.39, 0.29) is 0 Å². The molecule has 0 unspecified atom stereocenters. The van der Waals surface area contributed by atoms with Crippen LogP contribution in [0.3, 0.4) is 0 Å². The zero-order chi connectivity index (χ0) is 18.2. The van der Waals surface area contributed by atoms with Crippen molar-refractivity contribution in [2.24, 2.45) is 0 Å². The van der Waals surface area contributed by atoms with E-state index in [2.05, 4.69) is 12.1 Å². The highest BCUT2D eigenvalue weighted by atomic mass is 16.5. The van der Waals surface area contributed by atoms with Gasteiger partial charge in [0.25, 0.3) is 0 Å². The van der Waals surface area contributed by atoms with Crippen LogP contribution in [0.15, 0.2) is 78.9 Å². The normalized spacial score (nSPS) is 10.5. The maximum atomic E-state index is 11.0. The lowest BCUT2D eigenvalue weighted by molar-refractivity contribution is 0.0696. The van der Waals surface area contributed by atoms with Gasteiger partial charge in [0, 0.05) is 0 Å². The van der Waals surface area contributed by atoms with E-state index in [1.165, 1.54) is 5.56 Å². The first kappa shape index (κ1) is 17.7. The Morgan fingerprint density at radius 3 is 2.04 bits per heavy atom. The number of para-hydroxylation sites is 1. The summed E-state index contributed by atoms with van der Waals surface area (Å²) >= 11 is 0. The van der Waals surface area contributed by atoms with Crippen LogP contribution in [-0.4, -0.2) is 11.1 Å². The Labute approximate surface area is 153 Å². The fourth-order valence-corrected chi connectivity index (χ4v) is 2.91. The van der Waals surface area contributed by atoms with Gasteiger partial charge in [0.05, 0.1) is 5.56 Å². The fraction of sp³-hybridized carbons (Fsp3) is 0.174. The van der Waals surface area contributed by atoms with Crippen molar-refractivity contribution in [1.82, 2.24) is 0 Å². The van der Waals surface area contributed by atoms with Crippen molar-refractivity contribution >= 4 is 5.97 Å². The molecule has 0 radical (unpaired) electrons. The van der Waals surface area contributed by atoms with Crippen molar-refractivity contribution in [3.63, 3.8) is 0 Å². The van der Waals surface area contributed by atoms with Crippen LogP contribution >= 0.6 is 0 Å². The van der Waals surface area contributed by atoms with Crippen molar-refractivity contribution in [2.45, 2.75) is 25.7 Å². The van der Waals surface area contributed by atoms with E-state index in [0.717, 1.165) is 42.7 Å². The van der Waals surface area contributed by atoms with E-state index >= 15 is 0 Å². The van der Waals surface area contributed by atoms with Gasteiger partial charge in [-0.3, -0.25) is 0 Å². The minimum absolute atomic E-state index is 0.355. The van der Waals surface area contributed by atoms with Gasteiger partial charge in [0.2, 0.25) is 0 Å². The zero-order valence-corrected chi connectivity index (χ0v) is 14.6. The van der Waals surface area contributed by atoms with Crippen LogP contribution in [0.25, 0.3) is 0 Å². The minimum Gasteiger partial charge on any atom is -0.478 e.